The molecule has 16 heavy (non-hydrogen) atoms. The van der Waals surface area contributed by atoms with Gasteiger partial charge in [-0.05, 0) is 24.3 Å². The maximum absolute atomic E-state index is 5.92. The van der Waals surface area contributed by atoms with Gasteiger partial charge in [0.25, 0.3) is 0 Å². The first-order valence-corrected chi connectivity index (χ1v) is 5.08. The van der Waals surface area contributed by atoms with Crippen molar-refractivity contribution in [2.24, 2.45) is 0 Å². The molecule has 0 bridgehead atoms. The van der Waals surface area contributed by atoms with E-state index in [1.165, 1.54) is 6.33 Å². The summed E-state index contributed by atoms with van der Waals surface area (Å²) in [6, 6.07) is 7.40. The summed E-state index contributed by atoms with van der Waals surface area (Å²) in [5, 5.41) is 2.35. The number of hydrogen-bond donors (Lipinski definition) is 1. The van der Waals surface area contributed by atoms with Crippen LogP contribution in [0.15, 0.2) is 30.6 Å². The Morgan fingerprint density at radius 3 is 2.88 bits per heavy atom. The van der Waals surface area contributed by atoms with E-state index in [9.17, 15) is 0 Å². The molecule has 3 rings (SSSR count). The maximum Gasteiger partial charge on any atom is 0.165 e. The van der Waals surface area contributed by atoms with Crippen LogP contribution in [0.3, 0.4) is 0 Å². The van der Waals surface area contributed by atoms with Crippen molar-refractivity contribution in [3.63, 3.8) is 0 Å². The minimum absolute atomic E-state index is 0.430. The quantitative estimate of drug-likeness (QED) is 0.603. The molecule has 0 unspecified atom stereocenters. The summed E-state index contributed by atoms with van der Waals surface area (Å²) in [4.78, 5) is 12.4. The van der Waals surface area contributed by atoms with Gasteiger partial charge in [-0.3, -0.25) is 0 Å². The first-order valence-electron chi connectivity index (χ1n) is 4.70. The van der Waals surface area contributed by atoms with Crippen molar-refractivity contribution in [3.05, 3.63) is 35.6 Å². The van der Waals surface area contributed by atoms with Crippen molar-refractivity contribution in [2.45, 2.75) is 0 Å². The molecule has 0 aliphatic heterocycles. The number of nitrogens with zero attached hydrogens (tertiary/aromatic N) is 3. The predicted molar refractivity (Wildman–Crippen MR) is 64.3 cm³/mol. The van der Waals surface area contributed by atoms with E-state index in [2.05, 4.69) is 15.0 Å². The maximum atomic E-state index is 5.92. The lowest BCUT2D eigenvalue weighted by molar-refractivity contribution is 1.20. The van der Waals surface area contributed by atoms with E-state index in [1.807, 2.05) is 18.2 Å². The monoisotopic (exact) mass is 230 g/mol. The van der Waals surface area contributed by atoms with Gasteiger partial charge in [-0.2, -0.15) is 0 Å². The van der Waals surface area contributed by atoms with Gasteiger partial charge in [0.05, 0.1) is 10.9 Å². The summed E-state index contributed by atoms with van der Waals surface area (Å²) in [6.45, 7) is 0. The fourth-order valence-electron chi connectivity index (χ4n) is 1.64. The molecular weight excluding hydrogens is 224 g/mol. The fraction of sp³-hybridized carbons (Fsp3) is 0. The highest BCUT2D eigenvalue weighted by Crippen LogP contribution is 2.23. The third-order valence-electron chi connectivity index (χ3n) is 2.41. The van der Waals surface area contributed by atoms with Crippen LogP contribution in [-0.2, 0) is 0 Å². The van der Waals surface area contributed by atoms with E-state index in [0.29, 0.717) is 16.5 Å². The number of anilines is 1. The Hall–Kier alpha value is -1.94. The number of pyridine rings is 1. The third kappa shape index (κ3) is 1.35. The number of benzene rings is 1. The zero-order valence-electron chi connectivity index (χ0n) is 8.18. The number of halogens is 1. The molecule has 2 heterocycles. The molecule has 2 N–H and O–H groups in total. The number of nitrogen functional groups attached to an aromatic ring is 1. The van der Waals surface area contributed by atoms with E-state index in [1.54, 1.807) is 6.07 Å². The molecule has 0 radical (unpaired) electrons. The molecule has 2 aromatic heterocycles. The Kier molecular flexibility index (Phi) is 1.91. The van der Waals surface area contributed by atoms with Crippen molar-refractivity contribution in [2.75, 3.05) is 5.73 Å². The van der Waals surface area contributed by atoms with Crippen molar-refractivity contribution in [1.82, 2.24) is 15.0 Å². The number of hydrogen-bond acceptors (Lipinski definition) is 4. The van der Waals surface area contributed by atoms with Gasteiger partial charge in [0.1, 0.15) is 12.1 Å². The second-order valence-corrected chi connectivity index (χ2v) is 3.89. The Balaban J connectivity index is 2.49. The van der Waals surface area contributed by atoms with Crippen LogP contribution in [0.5, 0.6) is 0 Å². The molecule has 78 valence electrons. The van der Waals surface area contributed by atoms with E-state index in [4.69, 9.17) is 17.3 Å². The van der Waals surface area contributed by atoms with E-state index in [-0.39, 0.29) is 0 Å². The molecule has 0 atom stereocenters. The molecule has 0 saturated heterocycles. The van der Waals surface area contributed by atoms with Gasteiger partial charge in [0.2, 0.25) is 0 Å². The number of nitrogens with two attached hydrogens (primary N) is 1. The Labute approximate surface area is 96.1 Å². The van der Waals surface area contributed by atoms with Gasteiger partial charge in [-0.25, -0.2) is 15.0 Å². The van der Waals surface area contributed by atoms with Crippen molar-refractivity contribution in [3.8, 4) is 0 Å². The lowest BCUT2D eigenvalue weighted by atomic mass is 10.2. The molecule has 0 spiro atoms. The minimum Gasteiger partial charge on any atom is -0.383 e. The third-order valence-corrected chi connectivity index (χ3v) is 2.64. The van der Waals surface area contributed by atoms with Crippen LogP contribution in [0.25, 0.3) is 21.9 Å². The second kappa shape index (κ2) is 3.28. The van der Waals surface area contributed by atoms with Crippen LogP contribution < -0.4 is 5.73 Å². The lowest BCUT2D eigenvalue weighted by Crippen LogP contribution is -1.95. The first-order chi connectivity index (χ1) is 7.74. The van der Waals surface area contributed by atoms with Gasteiger partial charge >= 0.3 is 0 Å². The smallest absolute Gasteiger partial charge is 0.165 e. The van der Waals surface area contributed by atoms with Crippen molar-refractivity contribution < 1.29 is 0 Å². The van der Waals surface area contributed by atoms with Crippen LogP contribution in [0.2, 0.25) is 5.02 Å². The molecule has 0 amide bonds. The zero-order chi connectivity index (χ0) is 11.1. The van der Waals surface area contributed by atoms with Gasteiger partial charge < -0.3 is 5.73 Å². The molecule has 0 aliphatic carbocycles. The highest BCUT2D eigenvalue weighted by molar-refractivity contribution is 6.31. The van der Waals surface area contributed by atoms with E-state index >= 15 is 0 Å². The molecule has 1 aromatic carbocycles. The van der Waals surface area contributed by atoms with Crippen LogP contribution in [0.4, 0.5) is 5.82 Å². The topological polar surface area (TPSA) is 64.7 Å². The lowest BCUT2D eigenvalue weighted by Gasteiger charge is -2.02. The highest BCUT2D eigenvalue weighted by Gasteiger charge is 2.04. The average molecular weight is 231 g/mol. The summed E-state index contributed by atoms with van der Waals surface area (Å²) in [6.07, 6.45) is 1.41. The van der Waals surface area contributed by atoms with Crippen molar-refractivity contribution >= 4 is 39.4 Å². The van der Waals surface area contributed by atoms with Crippen LogP contribution >= 0.6 is 11.6 Å². The van der Waals surface area contributed by atoms with Crippen LogP contribution in [-0.4, -0.2) is 15.0 Å². The molecule has 3 aromatic rings. The Bertz CT molecular complexity index is 696. The highest BCUT2D eigenvalue weighted by atomic mass is 35.5. The SMILES string of the molecule is Nc1ncnc2nc3ccc(Cl)cc3cc12. The predicted octanol–water partition coefficient (Wildman–Crippen LogP) is 2.41. The number of rotatable bonds is 0. The van der Waals surface area contributed by atoms with Gasteiger partial charge in [0, 0.05) is 10.4 Å². The summed E-state index contributed by atoms with van der Waals surface area (Å²) in [5.74, 6) is 0.430. The van der Waals surface area contributed by atoms with Crippen molar-refractivity contribution in [1.29, 1.82) is 0 Å². The van der Waals surface area contributed by atoms with Crippen LogP contribution in [0, 0.1) is 0 Å². The molecular formula is C11H7ClN4. The second-order valence-electron chi connectivity index (χ2n) is 3.46. The average Bonchev–Trinajstić information content (AvgIpc) is 2.28. The minimum atomic E-state index is 0.430. The number of aromatic nitrogens is 3. The summed E-state index contributed by atoms with van der Waals surface area (Å²) >= 11 is 5.92. The molecule has 5 heteroatoms. The molecule has 4 nitrogen and oxygen atoms in total. The Morgan fingerprint density at radius 1 is 1.12 bits per heavy atom. The zero-order valence-corrected chi connectivity index (χ0v) is 8.94. The van der Waals surface area contributed by atoms with Crippen LogP contribution in [0.1, 0.15) is 0 Å². The molecule has 0 aliphatic rings. The van der Waals surface area contributed by atoms with E-state index in [0.717, 1.165) is 16.3 Å². The van der Waals surface area contributed by atoms with Gasteiger partial charge in [-0.15, -0.1) is 0 Å². The fourth-order valence-corrected chi connectivity index (χ4v) is 1.82. The first kappa shape index (κ1) is 9.30. The van der Waals surface area contributed by atoms with Gasteiger partial charge in [-0.1, -0.05) is 11.6 Å². The van der Waals surface area contributed by atoms with E-state index < -0.39 is 0 Å². The normalized spacial score (nSPS) is 11.1. The summed E-state index contributed by atoms with van der Waals surface area (Å²) in [5.41, 5.74) is 7.20. The standard InChI is InChI=1S/C11H7ClN4/c12-7-1-2-9-6(3-7)4-8-10(13)14-5-15-11(8)16-9/h1-5H,(H2,13,14,15,16). The summed E-state index contributed by atoms with van der Waals surface area (Å²) < 4.78 is 0. The number of fused-ring (bicyclic) bond motifs is 2. The summed E-state index contributed by atoms with van der Waals surface area (Å²) in [7, 11) is 0. The van der Waals surface area contributed by atoms with Gasteiger partial charge in [0.15, 0.2) is 5.65 Å². The largest absolute Gasteiger partial charge is 0.383 e. The molecule has 0 fully saturated rings. The Morgan fingerprint density at radius 2 is 2.00 bits per heavy atom. The molecule has 0 saturated carbocycles.